The molecule has 1 fully saturated rings. The molecule has 0 radical (unpaired) electrons. The van der Waals surface area contributed by atoms with Crippen molar-refractivity contribution in [3.05, 3.63) is 35.1 Å². The molecular formula is C14H21FN2. The minimum atomic E-state index is -0.172. The van der Waals surface area contributed by atoms with E-state index in [1.165, 1.54) is 25.3 Å². The number of nitrogens with two attached hydrogens (primary N) is 1. The standard InChI is InChI=1S/C14H21FN2/c1-17(9-11-3-2-4-11)10-13-7-14(15)6-5-12(13)8-16/h5-7,11H,2-4,8-10,16H2,1H3. The first-order valence-corrected chi connectivity index (χ1v) is 6.35. The molecule has 94 valence electrons. The maximum Gasteiger partial charge on any atom is 0.123 e. The van der Waals surface area contributed by atoms with Gasteiger partial charge in [0.05, 0.1) is 0 Å². The first-order chi connectivity index (χ1) is 8.19. The molecule has 0 aromatic heterocycles. The summed E-state index contributed by atoms with van der Waals surface area (Å²) in [5, 5.41) is 0. The molecule has 1 aromatic carbocycles. The number of nitrogens with zero attached hydrogens (tertiary/aromatic N) is 1. The quantitative estimate of drug-likeness (QED) is 0.851. The Labute approximate surface area is 103 Å². The average Bonchev–Trinajstić information content (AvgIpc) is 2.24. The summed E-state index contributed by atoms with van der Waals surface area (Å²) in [6.45, 7) is 2.38. The number of hydrogen-bond donors (Lipinski definition) is 1. The molecular weight excluding hydrogens is 215 g/mol. The van der Waals surface area contributed by atoms with Gasteiger partial charge >= 0.3 is 0 Å². The lowest BCUT2D eigenvalue weighted by molar-refractivity contribution is 0.200. The predicted molar refractivity (Wildman–Crippen MR) is 68.0 cm³/mol. The van der Waals surface area contributed by atoms with Crippen LogP contribution in [0.4, 0.5) is 4.39 Å². The summed E-state index contributed by atoms with van der Waals surface area (Å²) in [5.41, 5.74) is 7.74. The Hall–Kier alpha value is -0.930. The van der Waals surface area contributed by atoms with E-state index in [0.717, 1.165) is 30.1 Å². The minimum absolute atomic E-state index is 0.172. The van der Waals surface area contributed by atoms with Gasteiger partial charge in [0.25, 0.3) is 0 Å². The molecule has 1 aliphatic rings. The van der Waals surface area contributed by atoms with E-state index in [2.05, 4.69) is 11.9 Å². The number of hydrogen-bond acceptors (Lipinski definition) is 2. The van der Waals surface area contributed by atoms with Gasteiger partial charge in [-0.3, -0.25) is 0 Å². The van der Waals surface area contributed by atoms with E-state index < -0.39 is 0 Å². The van der Waals surface area contributed by atoms with Gasteiger partial charge in [-0.1, -0.05) is 12.5 Å². The molecule has 0 heterocycles. The SMILES string of the molecule is CN(Cc1cc(F)ccc1CN)CC1CCC1. The average molecular weight is 236 g/mol. The Morgan fingerprint density at radius 2 is 2.12 bits per heavy atom. The highest BCUT2D eigenvalue weighted by molar-refractivity contribution is 5.27. The molecule has 2 N–H and O–H groups in total. The Kier molecular flexibility index (Phi) is 4.13. The largest absolute Gasteiger partial charge is 0.326 e. The highest BCUT2D eigenvalue weighted by Gasteiger charge is 2.19. The van der Waals surface area contributed by atoms with Crippen LogP contribution in [0.25, 0.3) is 0 Å². The lowest BCUT2D eigenvalue weighted by Gasteiger charge is -2.30. The number of benzene rings is 1. The summed E-state index contributed by atoms with van der Waals surface area (Å²) in [4.78, 5) is 2.28. The molecule has 3 heteroatoms. The molecule has 0 unspecified atom stereocenters. The molecule has 0 aliphatic heterocycles. The Morgan fingerprint density at radius 1 is 1.35 bits per heavy atom. The van der Waals surface area contributed by atoms with Crippen LogP contribution in [0.3, 0.4) is 0 Å². The first kappa shape index (κ1) is 12.5. The van der Waals surface area contributed by atoms with Crippen molar-refractivity contribution in [3.8, 4) is 0 Å². The molecule has 1 aromatic rings. The van der Waals surface area contributed by atoms with E-state index in [4.69, 9.17) is 5.73 Å². The number of rotatable bonds is 5. The molecule has 0 saturated heterocycles. The van der Waals surface area contributed by atoms with Crippen LogP contribution in [0.2, 0.25) is 0 Å². The van der Waals surface area contributed by atoms with Crippen molar-refractivity contribution in [1.82, 2.24) is 4.90 Å². The van der Waals surface area contributed by atoms with Crippen LogP contribution in [-0.4, -0.2) is 18.5 Å². The van der Waals surface area contributed by atoms with Crippen LogP contribution in [0.1, 0.15) is 30.4 Å². The molecule has 0 spiro atoms. The molecule has 0 bridgehead atoms. The molecule has 17 heavy (non-hydrogen) atoms. The monoisotopic (exact) mass is 236 g/mol. The van der Waals surface area contributed by atoms with E-state index >= 15 is 0 Å². The van der Waals surface area contributed by atoms with E-state index in [0.29, 0.717) is 6.54 Å². The Balaban J connectivity index is 1.98. The third-order valence-electron chi connectivity index (χ3n) is 3.62. The van der Waals surface area contributed by atoms with Crippen LogP contribution < -0.4 is 5.73 Å². The molecule has 1 saturated carbocycles. The van der Waals surface area contributed by atoms with Gasteiger partial charge in [0.15, 0.2) is 0 Å². The lowest BCUT2D eigenvalue weighted by atomic mass is 9.85. The summed E-state index contributed by atoms with van der Waals surface area (Å²) in [6, 6.07) is 4.89. The zero-order chi connectivity index (χ0) is 12.3. The fraction of sp³-hybridized carbons (Fsp3) is 0.571. The molecule has 0 atom stereocenters. The minimum Gasteiger partial charge on any atom is -0.326 e. The van der Waals surface area contributed by atoms with Gasteiger partial charge < -0.3 is 10.6 Å². The number of halogens is 1. The maximum atomic E-state index is 13.2. The van der Waals surface area contributed by atoms with E-state index in [-0.39, 0.29) is 5.82 Å². The van der Waals surface area contributed by atoms with Crippen LogP contribution in [-0.2, 0) is 13.1 Å². The maximum absolute atomic E-state index is 13.2. The van der Waals surface area contributed by atoms with E-state index in [1.807, 2.05) is 0 Å². The third-order valence-corrected chi connectivity index (χ3v) is 3.62. The lowest BCUT2D eigenvalue weighted by Crippen LogP contribution is -2.29. The summed E-state index contributed by atoms with van der Waals surface area (Å²) >= 11 is 0. The van der Waals surface area contributed by atoms with Crippen molar-refractivity contribution in [2.75, 3.05) is 13.6 Å². The van der Waals surface area contributed by atoms with Crippen LogP contribution in [0.5, 0.6) is 0 Å². The second-order valence-corrected chi connectivity index (χ2v) is 5.11. The normalized spacial score (nSPS) is 16.2. The highest BCUT2D eigenvalue weighted by atomic mass is 19.1. The third kappa shape index (κ3) is 3.27. The second kappa shape index (κ2) is 5.61. The van der Waals surface area contributed by atoms with Gasteiger partial charge in [-0.15, -0.1) is 0 Å². The van der Waals surface area contributed by atoms with Crippen molar-refractivity contribution in [2.45, 2.75) is 32.4 Å². The van der Waals surface area contributed by atoms with Crippen molar-refractivity contribution < 1.29 is 4.39 Å². The fourth-order valence-electron chi connectivity index (χ4n) is 2.41. The smallest absolute Gasteiger partial charge is 0.123 e. The van der Waals surface area contributed by atoms with Gasteiger partial charge in [0.1, 0.15) is 5.82 Å². The van der Waals surface area contributed by atoms with Gasteiger partial charge in [-0.05, 0) is 49.1 Å². The summed E-state index contributed by atoms with van der Waals surface area (Å²) in [5.74, 6) is 0.670. The summed E-state index contributed by atoms with van der Waals surface area (Å²) < 4.78 is 13.2. The zero-order valence-corrected chi connectivity index (χ0v) is 10.5. The van der Waals surface area contributed by atoms with Crippen molar-refractivity contribution in [3.63, 3.8) is 0 Å². The Morgan fingerprint density at radius 3 is 2.71 bits per heavy atom. The second-order valence-electron chi connectivity index (χ2n) is 5.11. The Bertz CT molecular complexity index is 374. The summed E-state index contributed by atoms with van der Waals surface area (Å²) in [6.07, 6.45) is 4.06. The van der Waals surface area contributed by atoms with Crippen LogP contribution in [0.15, 0.2) is 18.2 Å². The molecule has 1 aliphatic carbocycles. The van der Waals surface area contributed by atoms with Crippen molar-refractivity contribution >= 4 is 0 Å². The molecule has 2 nitrogen and oxygen atoms in total. The van der Waals surface area contributed by atoms with Crippen molar-refractivity contribution in [2.24, 2.45) is 11.7 Å². The van der Waals surface area contributed by atoms with Crippen LogP contribution in [0, 0.1) is 11.7 Å². The first-order valence-electron chi connectivity index (χ1n) is 6.35. The predicted octanol–water partition coefficient (Wildman–Crippen LogP) is 2.52. The summed E-state index contributed by atoms with van der Waals surface area (Å²) in [7, 11) is 2.10. The van der Waals surface area contributed by atoms with Gasteiger partial charge in [0, 0.05) is 19.6 Å². The van der Waals surface area contributed by atoms with E-state index in [1.54, 1.807) is 12.1 Å². The molecule has 0 amide bonds. The molecule has 2 rings (SSSR count). The van der Waals surface area contributed by atoms with Gasteiger partial charge in [-0.2, -0.15) is 0 Å². The highest BCUT2D eigenvalue weighted by Crippen LogP contribution is 2.27. The van der Waals surface area contributed by atoms with Crippen molar-refractivity contribution in [1.29, 1.82) is 0 Å². The van der Waals surface area contributed by atoms with E-state index in [9.17, 15) is 4.39 Å². The topological polar surface area (TPSA) is 29.3 Å². The zero-order valence-electron chi connectivity index (χ0n) is 10.5. The van der Waals surface area contributed by atoms with Gasteiger partial charge in [0.2, 0.25) is 0 Å². The van der Waals surface area contributed by atoms with Crippen LogP contribution >= 0.6 is 0 Å². The van der Waals surface area contributed by atoms with Gasteiger partial charge in [-0.25, -0.2) is 4.39 Å². The fourth-order valence-corrected chi connectivity index (χ4v) is 2.41.